The Morgan fingerprint density at radius 2 is 2.07 bits per heavy atom. The van der Waals surface area contributed by atoms with E-state index >= 15 is 0 Å². The molecule has 3 N–H and O–H groups in total. The van der Waals surface area contributed by atoms with E-state index < -0.39 is 0 Å². The van der Waals surface area contributed by atoms with Crippen molar-refractivity contribution < 1.29 is 9.90 Å². The zero-order chi connectivity index (χ0) is 10.6. The molecule has 4 heteroatoms. The molecule has 1 fully saturated rings. The lowest BCUT2D eigenvalue weighted by molar-refractivity contribution is 0.202. The Kier molecular flexibility index (Phi) is 3.75. The number of aliphatic hydroxyl groups excluding tert-OH is 1. The SMILES string of the molecule is CC(C)CNC(=O)NCC1(CO)CC1. The molecule has 82 valence electrons. The maximum atomic E-state index is 11.2. The standard InChI is InChI=1S/C10H20N2O2/c1-8(2)5-11-9(14)12-6-10(7-13)3-4-10/h8,13H,3-7H2,1-2H3,(H2,11,12,14). The number of hydrogen-bond acceptors (Lipinski definition) is 2. The smallest absolute Gasteiger partial charge is 0.314 e. The summed E-state index contributed by atoms with van der Waals surface area (Å²) in [5, 5.41) is 14.6. The molecular formula is C10H20N2O2. The van der Waals surface area contributed by atoms with Gasteiger partial charge in [0.05, 0.1) is 6.61 Å². The van der Waals surface area contributed by atoms with E-state index in [1.807, 2.05) is 0 Å². The predicted molar refractivity (Wildman–Crippen MR) is 55.0 cm³/mol. The van der Waals surface area contributed by atoms with E-state index in [2.05, 4.69) is 24.5 Å². The second kappa shape index (κ2) is 4.64. The van der Waals surface area contributed by atoms with Gasteiger partial charge in [-0.25, -0.2) is 4.79 Å². The minimum absolute atomic E-state index is 0.00479. The Balaban J connectivity index is 2.09. The molecule has 4 nitrogen and oxygen atoms in total. The molecule has 1 aliphatic rings. The van der Waals surface area contributed by atoms with E-state index in [-0.39, 0.29) is 18.1 Å². The average molecular weight is 200 g/mol. The molecule has 14 heavy (non-hydrogen) atoms. The lowest BCUT2D eigenvalue weighted by Crippen LogP contribution is -2.40. The van der Waals surface area contributed by atoms with Gasteiger partial charge < -0.3 is 15.7 Å². The summed E-state index contributed by atoms with van der Waals surface area (Å²) in [6.45, 7) is 5.57. The molecule has 0 heterocycles. The molecule has 0 aliphatic heterocycles. The first-order chi connectivity index (χ1) is 6.58. The van der Waals surface area contributed by atoms with Gasteiger partial charge in [0, 0.05) is 18.5 Å². The molecule has 0 aromatic carbocycles. The van der Waals surface area contributed by atoms with Crippen LogP contribution in [0.25, 0.3) is 0 Å². The van der Waals surface area contributed by atoms with Crippen LogP contribution < -0.4 is 10.6 Å². The van der Waals surface area contributed by atoms with Crippen LogP contribution >= 0.6 is 0 Å². The zero-order valence-electron chi connectivity index (χ0n) is 8.97. The molecule has 0 spiro atoms. The molecule has 0 unspecified atom stereocenters. The van der Waals surface area contributed by atoms with Crippen LogP contribution in [0, 0.1) is 11.3 Å². The molecule has 0 atom stereocenters. The van der Waals surface area contributed by atoms with Gasteiger partial charge in [-0.3, -0.25) is 0 Å². The van der Waals surface area contributed by atoms with Crippen LogP contribution in [0.4, 0.5) is 4.79 Å². The number of carbonyl (C=O) groups excluding carboxylic acids is 1. The summed E-state index contributed by atoms with van der Waals surface area (Å²) in [4.78, 5) is 11.2. The van der Waals surface area contributed by atoms with Gasteiger partial charge in [0.2, 0.25) is 0 Å². The second-order valence-corrected chi connectivity index (χ2v) is 4.62. The fourth-order valence-corrected chi connectivity index (χ4v) is 1.19. The quantitative estimate of drug-likeness (QED) is 0.612. The summed E-state index contributed by atoms with van der Waals surface area (Å²) in [5.74, 6) is 0.466. The van der Waals surface area contributed by atoms with Crippen molar-refractivity contribution in [2.24, 2.45) is 11.3 Å². The molecule has 0 radical (unpaired) electrons. The number of urea groups is 1. The van der Waals surface area contributed by atoms with Crippen molar-refractivity contribution in [1.29, 1.82) is 0 Å². The van der Waals surface area contributed by atoms with Gasteiger partial charge in [-0.2, -0.15) is 0 Å². The molecule has 0 aromatic rings. The highest BCUT2D eigenvalue weighted by molar-refractivity contribution is 5.73. The average Bonchev–Trinajstić information content (AvgIpc) is 2.92. The fraction of sp³-hybridized carbons (Fsp3) is 0.900. The Hall–Kier alpha value is -0.770. The first-order valence-corrected chi connectivity index (χ1v) is 5.20. The van der Waals surface area contributed by atoms with Crippen molar-refractivity contribution >= 4 is 6.03 Å². The third kappa shape index (κ3) is 3.54. The number of aliphatic hydroxyl groups is 1. The van der Waals surface area contributed by atoms with Crippen LogP contribution in [0.15, 0.2) is 0 Å². The van der Waals surface area contributed by atoms with Crippen molar-refractivity contribution in [3.8, 4) is 0 Å². The Morgan fingerprint density at radius 1 is 1.43 bits per heavy atom. The van der Waals surface area contributed by atoms with Crippen LogP contribution in [0.3, 0.4) is 0 Å². The van der Waals surface area contributed by atoms with Crippen LogP contribution in [0.5, 0.6) is 0 Å². The topological polar surface area (TPSA) is 61.4 Å². The van der Waals surface area contributed by atoms with Gasteiger partial charge in [0.1, 0.15) is 0 Å². The molecule has 2 amide bonds. The number of nitrogens with one attached hydrogen (secondary N) is 2. The van der Waals surface area contributed by atoms with Gasteiger partial charge in [-0.1, -0.05) is 13.8 Å². The Bertz CT molecular complexity index is 200. The van der Waals surface area contributed by atoms with E-state index in [9.17, 15) is 4.79 Å². The Labute approximate surface area is 85.1 Å². The summed E-state index contributed by atoms with van der Waals surface area (Å²) in [6, 6.07) is -0.126. The van der Waals surface area contributed by atoms with Gasteiger partial charge >= 0.3 is 6.03 Å². The van der Waals surface area contributed by atoms with Gasteiger partial charge in [-0.15, -0.1) is 0 Å². The third-order valence-corrected chi connectivity index (χ3v) is 2.59. The zero-order valence-corrected chi connectivity index (χ0v) is 8.97. The number of hydrogen-bond donors (Lipinski definition) is 3. The molecule has 0 saturated heterocycles. The maximum absolute atomic E-state index is 11.2. The molecule has 1 rings (SSSR count). The molecular weight excluding hydrogens is 180 g/mol. The minimum Gasteiger partial charge on any atom is -0.396 e. The summed E-state index contributed by atoms with van der Waals surface area (Å²) < 4.78 is 0. The third-order valence-electron chi connectivity index (χ3n) is 2.59. The Morgan fingerprint density at radius 3 is 2.50 bits per heavy atom. The molecule has 0 bridgehead atoms. The maximum Gasteiger partial charge on any atom is 0.314 e. The normalized spacial score (nSPS) is 18.0. The van der Waals surface area contributed by atoms with Gasteiger partial charge in [0.25, 0.3) is 0 Å². The monoisotopic (exact) mass is 200 g/mol. The molecule has 1 aliphatic carbocycles. The summed E-state index contributed by atoms with van der Waals surface area (Å²) in [7, 11) is 0. The van der Waals surface area contributed by atoms with Crippen molar-refractivity contribution in [2.75, 3.05) is 19.7 Å². The van der Waals surface area contributed by atoms with Crippen molar-refractivity contribution in [2.45, 2.75) is 26.7 Å². The first-order valence-electron chi connectivity index (χ1n) is 5.20. The fourth-order valence-electron chi connectivity index (χ4n) is 1.19. The van der Waals surface area contributed by atoms with Crippen molar-refractivity contribution in [3.63, 3.8) is 0 Å². The van der Waals surface area contributed by atoms with E-state index in [0.717, 1.165) is 12.8 Å². The van der Waals surface area contributed by atoms with Crippen molar-refractivity contribution in [3.05, 3.63) is 0 Å². The largest absolute Gasteiger partial charge is 0.396 e. The minimum atomic E-state index is -0.126. The first kappa shape index (κ1) is 11.3. The van der Waals surface area contributed by atoms with Crippen LogP contribution in [0.2, 0.25) is 0 Å². The summed E-state index contributed by atoms with van der Waals surface area (Å²) in [5.41, 5.74) is -0.00479. The highest BCUT2D eigenvalue weighted by Gasteiger charge is 2.41. The van der Waals surface area contributed by atoms with E-state index in [1.54, 1.807) is 0 Å². The highest BCUT2D eigenvalue weighted by Crippen LogP contribution is 2.44. The van der Waals surface area contributed by atoms with Crippen LogP contribution in [-0.4, -0.2) is 30.8 Å². The lowest BCUT2D eigenvalue weighted by Gasteiger charge is -2.14. The molecule has 1 saturated carbocycles. The van der Waals surface area contributed by atoms with Crippen molar-refractivity contribution in [1.82, 2.24) is 10.6 Å². The summed E-state index contributed by atoms with van der Waals surface area (Å²) in [6.07, 6.45) is 2.04. The van der Waals surface area contributed by atoms with Gasteiger partial charge in [0.15, 0.2) is 0 Å². The number of carbonyl (C=O) groups is 1. The predicted octanol–water partition coefficient (Wildman–Crippen LogP) is 0.714. The number of rotatable bonds is 5. The van der Waals surface area contributed by atoms with Crippen LogP contribution in [-0.2, 0) is 0 Å². The van der Waals surface area contributed by atoms with Crippen LogP contribution in [0.1, 0.15) is 26.7 Å². The lowest BCUT2D eigenvalue weighted by atomic mass is 10.1. The van der Waals surface area contributed by atoms with Gasteiger partial charge in [-0.05, 0) is 18.8 Å². The van der Waals surface area contributed by atoms with E-state index in [4.69, 9.17) is 5.11 Å². The summed E-state index contributed by atoms with van der Waals surface area (Å²) >= 11 is 0. The van der Waals surface area contributed by atoms with E-state index in [0.29, 0.717) is 19.0 Å². The number of amides is 2. The highest BCUT2D eigenvalue weighted by atomic mass is 16.3. The molecule has 0 aromatic heterocycles. The second-order valence-electron chi connectivity index (χ2n) is 4.62. The van der Waals surface area contributed by atoms with E-state index in [1.165, 1.54) is 0 Å².